The second-order valence-electron chi connectivity index (χ2n) is 4.71. The number of carbonyl (C=O) groups is 1. The number of benzene rings is 2. The van der Waals surface area contributed by atoms with Gasteiger partial charge in [-0.3, -0.25) is 4.79 Å². The van der Waals surface area contributed by atoms with Gasteiger partial charge in [-0.15, -0.1) is 0 Å². The number of hydrogen-bond donors (Lipinski definition) is 2. The molecule has 0 bridgehead atoms. The van der Waals surface area contributed by atoms with Crippen molar-refractivity contribution < 1.29 is 9.53 Å². The van der Waals surface area contributed by atoms with E-state index in [9.17, 15) is 4.79 Å². The van der Waals surface area contributed by atoms with Gasteiger partial charge in [0.2, 0.25) is 5.91 Å². The van der Waals surface area contributed by atoms with E-state index >= 15 is 0 Å². The number of nitrogen functional groups attached to an aromatic ring is 1. The maximum absolute atomic E-state index is 11.7. The lowest BCUT2D eigenvalue weighted by Gasteiger charge is -2.08. The molecule has 0 unspecified atom stereocenters. The van der Waals surface area contributed by atoms with Crippen molar-refractivity contribution in [2.75, 3.05) is 18.9 Å². The van der Waals surface area contributed by atoms with Crippen molar-refractivity contribution in [1.82, 2.24) is 5.32 Å². The monoisotopic (exact) mass is 284 g/mol. The summed E-state index contributed by atoms with van der Waals surface area (Å²) >= 11 is 0. The Morgan fingerprint density at radius 2 is 1.76 bits per heavy atom. The SMILES string of the molecule is Nc1ccccc1CCC(=O)NCCOc1ccccc1. The minimum absolute atomic E-state index is 0.00918. The molecule has 0 atom stereocenters. The third-order valence-electron chi connectivity index (χ3n) is 3.11. The van der Waals surface area contributed by atoms with Gasteiger partial charge in [-0.1, -0.05) is 36.4 Å². The summed E-state index contributed by atoms with van der Waals surface area (Å²) in [7, 11) is 0. The van der Waals surface area contributed by atoms with Crippen LogP contribution in [0.15, 0.2) is 54.6 Å². The molecule has 0 aromatic heterocycles. The number of carbonyl (C=O) groups excluding carboxylic acids is 1. The Kier molecular flexibility index (Phi) is 5.64. The summed E-state index contributed by atoms with van der Waals surface area (Å²) in [4.78, 5) is 11.7. The number of aryl methyl sites for hydroxylation is 1. The zero-order chi connectivity index (χ0) is 14.9. The Morgan fingerprint density at radius 3 is 2.52 bits per heavy atom. The summed E-state index contributed by atoms with van der Waals surface area (Å²) in [6, 6.07) is 17.2. The highest BCUT2D eigenvalue weighted by Crippen LogP contribution is 2.12. The van der Waals surface area contributed by atoms with Gasteiger partial charge >= 0.3 is 0 Å². The molecule has 3 N–H and O–H groups in total. The minimum atomic E-state index is 0.00918. The van der Waals surface area contributed by atoms with Crippen LogP contribution in [-0.2, 0) is 11.2 Å². The highest BCUT2D eigenvalue weighted by molar-refractivity contribution is 5.76. The second kappa shape index (κ2) is 7.94. The van der Waals surface area contributed by atoms with Crippen LogP contribution in [0.5, 0.6) is 5.75 Å². The first kappa shape index (κ1) is 14.9. The number of nitrogens with two attached hydrogens (primary N) is 1. The topological polar surface area (TPSA) is 64.4 Å². The van der Waals surface area contributed by atoms with Gasteiger partial charge in [-0.2, -0.15) is 0 Å². The Hall–Kier alpha value is -2.49. The number of hydrogen-bond acceptors (Lipinski definition) is 3. The van der Waals surface area contributed by atoms with Crippen LogP contribution in [0.1, 0.15) is 12.0 Å². The molecule has 1 amide bonds. The third-order valence-corrected chi connectivity index (χ3v) is 3.11. The fourth-order valence-electron chi connectivity index (χ4n) is 1.97. The van der Waals surface area contributed by atoms with Crippen molar-refractivity contribution >= 4 is 11.6 Å². The predicted octanol–water partition coefficient (Wildman–Crippen LogP) is 2.40. The maximum atomic E-state index is 11.7. The van der Waals surface area contributed by atoms with Crippen molar-refractivity contribution in [3.63, 3.8) is 0 Å². The predicted molar refractivity (Wildman–Crippen MR) is 84.1 cm³/mol. The van der Waals surface area contributed by atoms with E-state index in [0.29, 0.717) is 26.0 Å². The number of anilines is 1. The Morgan fingerprint density at radius 1 is 1.05 bits per heavy atom. The minimum Gasteiger partial charge on any atom is -0.492 e. The van der Waals surface area contributed by atoms with Gasteiger partial charge < -0.3 is 15.8 Å². The summed E-state index contributed by atoms with van der Waals surface area (Å²) < 4.78 is 5.50. The van der Waals surface area contributed by atoms with Crippen LogP contribution in [-0.4, -0.2) is 19.1 Å². The standard InChI is InChI=1S/C17H20N2O2/c18-16-9-5-4-6-14(16)10-11-17(20)19-12-13-21-15-7-2-1-3-8-15/h1-9H,10-13,18H2,(H,19,20). The highest BCUT2D eigenvalue weighted by Gasteiger charge is 2.04. The molecule has 0 aliphatic carbocycles. The zero-order valence-electron chi connectivity index (χ0n) is 11.9. The molecule has 0 aliphatic heterocycles. The maximum Gasteiger partial charge on any atom is 0.220 e. The van der Waals surface area contributed by atoms with Gasteiger partial charge in [0.25, 0.3) is 0 Å². The first-order valence-corrected chi connectivity index (χ1v) is 7.03. The Balaban J connectivity index is 1.63. The van der Waals surface area contributed by atoms with Crippen LogP contribution in [0.25, 0.3) is 0 Å². The Bertz CT molecular complexity index is 570. The molecule has 0 saturated heterocycles. The molecular formula is C17H20N2O2. The van der Waals surface area contributed by atoms with Crippen LogP contribution in [0.3, 0.4) is 0 Å². The molecule has 2 aromatic rings. The first-order valence-electron chi connectivity index (χ1n) is 7.03. The molecule has 4 nitrogen and oxygen atoms in total. The van der Waals surface area contributed by atoms with E-state index < -0.39 is 0 Å². The van der Waals surface area contributed by atoms with E-state index in [-0.39, 0.29) is 5.91 Å². The lowest BCUT2D eigenvalue weighted by molar-refractivity contribution is -0.121. The van der Waals surface area contributed by atoms with Crippen LogP contribution in [0.2, 0.25) is 0 Å². The van der Waals surface area contributed by atoms with Gasteiger partial charge in [-0.25, -0.2) is 0 Å². The number of nitrogens with one attached hydrogen (secondary N) is 1. The lowest BCUT2D eigenvalue weighted by atomic mass is 10.1. The molecule has 21 heavy (non-hydrogen) atoms. The van der Waals surface area contributed by atoms with Gasteiger partial charge in [-0.05, 0) is 30.2 Å². The molecule has 0 spiro atoms. The molecular weight excluding hydrogens is 264 g/mol. The Labute approximate surface area is 124 Å². The molecule has 0 aliphatic rings. The molecule has 0 heterocycles. The van der Waals surface area contributed by atoms with Gasteiger partial charge in [0, 0.05) is 12.1 Å². The molecule has 2 aromatic carbocycles. The molecule has 0 saturated carbocycles. The van der Waals surface area contributed by atoms with E-state index in [1.807, 2.05) is 54.6 Å². The summed E-state index contributed by atoms with van der Waals surface area (Å²) in [6.45, 7) is 0.960. The summed E-state index contributed by atoms with van der Waals surface area (Å²) in [5.41, 5.74) is 7.58. The molecule has 110 valence electrons. The fraction of sp³-hybridized carbons (Fsp3) is 0.235. The summed E-state index contributed by atoms with van der Waals surface area (Å²) in [5, 5.41) is 2.84. The van der Waals surface area contributed by atoms with Crippen LogP contribution in [0, 0.1) is 0 Å². The van der Waals surface area contributed by atoms with E-state index in [2.05, 4.69) is 5.32 Å². The van der Waals surface area contributed by atoms with Gasteiger partial charge in [0.1, 0.15) is 12.4 Å². The molecule has 4 heteroatoms. The zero-order valence-corrected chi connectivity index (χ0v) is 11.9. The van der Waals surface area contributed by atoms with Gasteiger partial charge in [0.05, 0.1) is 6.54 Å². The van der Waals surface area contributed by atoms with Crippen LogP contribution < -0.4 is 15.8 Å². The van der Waals surface area contributed by atoms with Crippen LogP contribution >= 0.6 is 0 Å². The van der Waals surface area contributed by atoms with Crippen molar-refractivity contribution in [1.29, 1.82) is 0 Å². The van der Waals surface area contributed by atoms with Crippen molar-refractivity contribution in [2.24, 2.45) is 0 Å². The van der Waals surface area contributed by atoms with Crippen molar-refractivity contribution in [2.45, 2.75) is 12.8 Å². The van der Waals surface area contributed by atoms with E-state index in [1.165, 1.54) is 0 Å². The average Bonchev–Trinajstić information content (AvgIpc) is 2.52. The molecule has 0 fully saturated rings. The summed E-state index contributed by atoms with van der Waals surface area (Å²) in [6.07, 6.45) is 1.08. The largest absolute Gasteiger partial charge is 0.492 e. The van der Waals surface area contributed by atoms with E-state index in [0.717, 1.165) is 17.0 Å². The molecule has 0 radical (unpaired) electrons. The quantitative estimate of drug-likeness (QED) is 0.606. The average molecular weight is 284 g/mol. The van der Waals surface area contributed by atoms with E-state index in [1.54, 1.807) is 0 Å². The van der Waals surface area contributed by atoms with Crippen LogP contribution in [0.4, 0.5) is 5.69 Å². The number of para-hydroxylation sites is 2. The number of amides is 1. The third kappa shape index (κ3) is 5.18. The normalized spacial score (nSPS) is 10.1. The molecule has 2 rings (SSSR count). The smallest absolute Gasteiger partial charge is 0.220 e. The van der Waals surface area contributed by atoms with E-state index in [4.69, 9.17) is 10.5 Å². The fourth-order valence-corrected chi connectivity index (χ4v) is 1.97. The summed E-state index contributed by atoms with van der Waals surface area (Å²) in [5.74, 6) is 0.818. The first-order chi connectivity index (χ1) is 10.3. The second-order valence-corrected chi connectivity index (χ2v) is 4.71. The van der Waals surface area contributed by atoms with Crippen molar-refractivity contribution in [3.05, 3.63) is 60.2 Å². The number of ether oxygens (including phenoxy) is 1. The van der Waals surface area contributed by atoms with Crippen molar-refractivity contribution in [3.8, 4) is 5.75 Å². The number of rotatable bonds is 7. The van der Waals surface area contributed by atoms with Gasteiger partial charge in [0.15, 0.2) is 0 Å². The lowest BCUT2D eigenvalue weighted by Crippen LogP contribution is -2.28. The highest BCUT2D eigenvalue weighted by atomic mass is 16.5.